The van der Waals surface area contributed by atoms with E-state index in [1.54, 1.807) is 24.3 Å². The summed E-state index contributed by atoms with van der Waals surface area (Å²) in [5, 5.41) is 13.3. The highest BCUT2D eigenvalue weighted by atomic mass is 19.1. The van der Waals surface area contributed by atoms with E-state index in [9.17, 15) is 19.3 Å². The summed E-state index contributed by atoms with van der Waals surface area (Å²) in [4.78, 5) is 20.6. The minimum absolute atomic E-state index is 0.128. The van der Waals surface area contributed by atoms with Gasteiger partial charge in [-0.3, -0.25) is 14.9 Å². The fraction of sp³-hybridized carbons (Fsp3) is 0.0714. The number of hydrogen-bond acceptors (Lipinski definition) is 4. The molecule has 108 valence electrons. The second kappa shape index (κ2) is 6.00. The molecule has 0 atom stereocenters. The molecule has 0 fully saturated rings. The molecule has 0 saturated carbocycles. The summed E-state index contributed by atoms with van der Waals surface area (Å²) < 4.78 is 13.7. The molecular weight excluding hydrogens is 277 g/mol. The summed E-state index contributed by atoms with van der Waals surface area (Å²) >= 11 is 0. The number of non-ortho nitro benzene ring substituents is 1. The molecule has 1 amide bonds. The van der Waals surface area contributed by atoms with Crippen LogP contribution in [0.1, 0.15) is 5.56 Å². The molecule has 0 radical (unpaired) electrons. The number of benzene rings is 2. The zero-order valence-electron chi connectivity index (χ0n) is 10.9. The maximum atomic E-state index is 13.7. The molecule has 2 rings (SSSR count). The number of carbonyl (C=O) groups is 1. The van der Waals surface area contributed by atoms with Crippen molar-refractivity contribution in [1.29, 1.82) is 0 Å². The number of primary amides is 1. The molecule has 0 unspecified atom stereocenters. The van der Waals surface area contributed by atoms with Crippen molar-refractivity contribution in [3.8, 4) is 0 Å². The van der Waals surface area contributed by atoms with Crippen LogP contribution in [0, 0.1) is 15.9 Å². The summed E-state index contributed by atoms with van der Waals surface area (Å²) in [7, 11) is 0. The van der Waals surface area contributed by atoms with Crippen molar-refractivity contribution in [3.05, 3.63) is 64.0 Å². The quantitative estimate of drug-likeness (QED) is 0.652. The van der Waals surface area contributed by atoms with Gasteiger partial charge in [0.25, 0.3) is 5.69 Å². The molecule has 21 heavy (non-hydrogen) atoms. The SMILES string of the molecule is NC(=O)Cc1ccc(Nc2ccc([N+](=O)[O-])cc2F)cc1. The van der Waals surface area contributed by atoms with Gasteiger partial charge in [0.15, 0.2) is 5.82 Å². The summed E-state index contributed by atoms with van der Waals surface area (Å²) in [5.74, 6) is -1.15. The Labute approximate surface area is 119 Å². The number of amides is 1. The molecule has 0 heterocycles. The highest BCUT2D eigenvalue weighted by Gasteiger charge is 2.10. The van der Waals surface area contributed by atoms with Gasteiger partial charge in [-0.25, -0.2) is 4.39 Å². The van der Waals surface area contributed by atoms with Crippen molar-refractivity contribution >= 4 is 23.0 Å². The van der Waals surface area contributed by atoms with Crippen molar-refractivity contribution in [3.63, 3.8) is 0 Å². The van der Waals surface area contributed by atoms with Crippen LogP contribution < -0.4 is 11.1 Å². The number of carbonyl (C=O) groups excluding carboxylic acids is 1. The number of halogens is 1. The van der Waals surface area contributed by atoms with Crippen molar-refractivity contribution in [2.75, 3.05) is 5.32 Å². The summed E-state index contributed by atoms with van der Waals surface area (Å²) in [6.07, 6.45) is 0.131. The molecule has 0 aliphatic rings. The molecule has 0 aliphatic heterocycles. The Morgan fingerprint density at radius 3 is 2.43 bits per heavy atom. The average Bonchev–Trinajstić information content (AvgIpc) is 2.42. The number of hydrogen-bond donors (Lipinski definition) is 2. The van der Waals surface area contributed by atoms with E-state index in [4.69, 9.17) is 5.73 Å². The van der Waals surface area contributed by atoms with E-state index in [1.807, 2.05) is 0 Å². The number of nitrogens with zero attached hydrogens (tertiary/aromatic N) is 1. The zero-order chi connectivity index (χ0) is 15.4. The molecule has 0 aromatic heterocycles. The summed E-state index contributed by atoms with van der Waals surface area (Å²) in [6, 6.07) is 10.1. The number of anilines is 2. The lowest BCUT2D eigenvalue weighted by Gasteiger charge is -2.08. The van der Waals surface area contributed by atoms with Crippen LogP contribution in [0.3, 0.4) is 0 Å². The van der Waals surface area contributed by atoms with Crippen LogP contribution in [0.25, 0.3) is 0 Å². The fourth-order valence-corrected chi connectivity index (χ4v) is 1.78. The van der Waals surface area contributed by atoms with Gasteiger partial charge in [-0.05, 0) is 23.8 Å². The molecule has 0 aliphatic carbocycles. The summed E-state index contributed by atoms with van der Waals surface area (Å²) in [5.41, 5.74) is 6.24. The Balaban J connectivity index is 2.14. The molecule has 3 N–H and O–H groups in total. The molecule has 7 heteroatoms. The Hall–Kier alpha value is -2.96. The van der Waals surface area contributed by atoms with Gasteiger partial charge in [0.1, 0.15) is 0 Å². The minimum Gasteiger partial charge on any atom is -0.369 e. The minimum atomic E-state index is -0.717. The Bertz CT molecular complexity index is 686. The van der Waals surface area contributed by atoms with Gasteiger partial charge in [0.2, 0.25) is 5.91 Å². The maximum absolute atomic E-state index is 13.7. The van der Waals surface area contributed by atoms with E-state index in [0.717, 1.165) is 11.6 Å². The van der Waals surface area contributed by atoms with Crippen LogP contribution in [-0.2, 0) is 11.2 Å². The second-order valence-corrected chi connectivity index (χ2v) is 4.39. The third kappa shape index (κ3) is 3.75. The first-order chi connectivity index (χ1) is 9.95. The number of nitrogens with two attached hydrogens (primary N) is 1. The Kier molecular flexibility index (Phi) is 4.13. The van der Waals surface area contributed by atoms with Crippen LogP contribution in [-0.4, -0.2) is 10.8 Å². The lowest BCUT2D eigenvalue weighted by Crippen LogP contribution is -2.13. The standard InChI is InChI=1S/C14H12FN3O3/c15-12-8-11(18(20)21)5-6-13(12)17-10-3-1-9(2-4-10)7-14(16)19/h1-6,8,17H,7H2,(H2,16,19). The normalized spacial score (nSPS) is 10.1. The van der Waals surface area contributed by atoms with Crippen molar-refractivity contribution in [2.24, 2.45) is 5.73 Å². The lowest BCUT2D eigenvalue weighted by molar-refractivity contribution is -0.385. The van der Waals surface area contributed by atoms with Crippen molar-refractivity contribution < 1.29 is 14.1 Å². The maximum Gasteiger partial charge on any atom is 0.272 e. The third-order valence-electron chi connectivity index (χ3n) is 2.77. The first-order valence-corrected chi connectivity index (χ1v) is 6.04. The van der Waals surface area contributed by atoms with E-state index in [1.165, 1.54) is 12.1 Å². The van der Waals surface area contributed by atoms with Crippen molar-refractivity contribution in [2.45, 2.75) is 6.42 Å². The predicted molar refractivity (Wildman–Crippen MR) is 75.7 cm³/mol. The smallest absolute Gasteiger partial charge is 0.272 e. The Morgan fingerprint density at radius 1 is 1.24 bits per heavy atom. The molecule has 0 bridgehead atoms. The van der Waals surface area contributed by atoms with Crippen molar-refractivity contribution in [1.82, 2.24) is 0 Å². The van der Waals surface area contributed by atoms with Gasteiger partial charge in [0, 0.05) is 11.8 Å². The van der Waals surface area contributed by atoms with Crippen LogP contribution in [0.4, 0.5) is 21.5 Å². The number of nitro benzene ring substituents is 1. The third-order valence-corrected chi connectivity index (χ3v) is 2.77. The molecule has 0 saturated heterocycles. The van der Waals surface area contributed by atoms with Crippen LogP contribution in [0.2, 0.25) is 0 Å². The highest BCUT2D eigenvalue weighted by molar-refractivity contribution is 5.76. The average molecular weight is 289 g/mol. The molecule has 2 aromatic rings. The van der Waals surface area contributed by atoms with E-state index >= 15 is 0 Å². The van der Waals surface area contributed by atoms with Gasteiger partial charge in [-0.1, -0.05) is 12.1 Å². The molecular formula is C14H12FN3O3. The van der Waals surface area contributed by atoms with Crippen LogP contribution in [0.5, 0.6) is 0 Å². The van der Waals surface area contributed by atoms with E-state index < -0.39 is 16.6 Å². The van der Waals surface area contributed by atoms with Gasteiger partial charge in [-0.2, -0.15) is 0 Å². The first-order valence-electron chi connectivity index (χ1n) is 6.04. The van der Waals surface area contributed by atoms with Gasteiger partial charge < -0.3 is 11.1 Å². The lowest BCUT2D eigenvalue weighted by atomic mass is 10.1. The van der Waals surface area contributed by atoms with E-state index in [0.29, 0.717) is 5.69 Å². The topological polar surface area (TPSA) is 98.3 Å². The van der Waals surface area contributed by atoms with Gasteiger partial charge in [0.05, 0.1) is 23.1 Å². The largest absolute Gasteiger partial charge is 0.369 e. The monoisotopic (exact) mass is 289 g/mol. The summed E-state index contributed by atoms with van der Waals surface area (Å²) in [6.45, 7) is 0. The first kappa shape index (κ1) is 14.4. The Morgan fingerprint density at radius 2 is 1.90 bits per heavy atom. The van der Waals surface area contributed by atoms with Crippen LogP contribution >= 0.6 is 0 Å². The molecule has 6 nitrogen and oxygen atoms in total. The second-order valence-electron chi connectivity index (χ2n) is 4.39. The van der Waals surface area contributed by atoms with Gasteiger partial charge in [-0.15, -0.1) is 0 Å². The van der Waals surface area contributed by atoms with Crippen LogP contribution in [0.15, 0.2) is 42.5 Å². The van der Waals surface area contributed by atoms with E-state index in [2.05, 4.69) is 5.32 Å². The molecule has 0 spiro atoms. The number of nitro groups is 1. The highest BCUT2D eigenvalue weighted by Crippen LogP contribution is 2.24. The zero-order valence-corrected chi connectivity index (χ0v) is 10.9. The molecule has 2 aromatic carbocycles. The number of rotatable bonds is 5. The van der Waals surface area contributed by atoms with Gasteiger partial charge >= 0.3 is 0 Å². The number of nitrogens with one attached hydrogen (secondary N) is 1. The van der Waals surface area contributed by atoms with E-state index in [-0.39, 0.29) is 17.8 Å². The predicted octanol–water partition coefficient (Wildman–Crippen LogP) is 2.51. The fourth-order valence-electron chi connectivity index (χ4n) is 1.78.